The van der Waals surface area contributed by atoms with Gasteiger partial charge in [0.15, 0.2) is 0 Å². The van der Waals surface area contributed by atoms with E-state index < -0.39 is 0 Å². The quantitative estimate of drug-likeness (QED) is 0.861. The van der Waals surface area contributed by atoms with Crippen molar-refractivity contribution in [1.82, 2.24) is 14.9 Å². The van der Waals surface area contributed by atoms with Gasteiger partial charge in [-0.3, -0.25) is 14.9 Å². The molecule has 0 amide bonds. The Hall–Kier alpha value is -1.74. The second-order valence-corrected chi connectivity index (χ2v) is 6.05. The standard InChI is InChI=1S/C18H23N3/c1-15-3-2-8-20-18(15)14-21-11-6-17(7-12-21)13-16-4-9-19-10-5-16/h2-5,8-10,17H,6-7,11-14H2,1H3. The minimum absolute atomic E-state index is 0.813. The van der Waals surface area contributed by atoms with Crippen molar-refractivity contribution in [1.29, 1.82) is 0 Å². The summed E-state index contributed by atoms with van der Waals surface area (Å²) in [6.45, 7) is 5.52. The first-order valence-electron chi connectivity index (χ1n) is 7.83. The van der Waals surface area contributed by atoms with Crippen LogP contribution in [-0.2, 0) is 13.0 Å². The van der Waals surface area contributed by atoms with Crippen LogP contribution in [0.5, 0.6) is 0 Å². The highest BCUT2D eigenvalue weighted by Crippen LogP contribution is 2.22. The maximum absolute atomic E-state index is 4.51. The lowest BCUT2D eigenvalue weighted by atomic mass is 9.90. The normalized spacial score (nSPS) is 17.0. The first-order valence-corrected chi connectivity index (χ1v) is 7.83. The summed E-state index contributed by atoms with van der Waals surface area (Å²) >= 11 is 0. The zero-order valence-corrected chi connectivity index (χ0v) is 12.7. The monoisotopic (exact) mass is 281 g/mol. The van der Waals surface area contributed by atoms with E-state index in [1.54, 1.807) is 0 Å². The summed E-state index contributed by atoms with van der Waals surface area (Å²) in [7, 11) is 0. The van der Waals surface area contributed by atoms with E-state index in [0.29, 0.717) is 0 Å². The molecule has 0 spiro atoms. The van der Waals surface area contributed by atoms with Crippen LogP contribution >= 0.6 is 0 Å². The fraction of sp³-hybridized carbons (Fsp3) is 0.444. The van der Waals surface area contributed by atoms with Crippen LogP contribution in [0.15, 0.2) is 42.9 Å². The van der Waals surface area contributed by atoms with Gasteiger partial charge in [0.25, 0.3) is 0 Å². The minimum atomic E-state index is 0.813. The zero-order valence-electron chi connectivity index (χ0n) is 12.7. The Morgan fingerprint density at radius 3 is 2.57 bits per heavy atom. The molecule has 0 aliphatic carbocycles. The smallest absolute Gasteiger partial charge is 0.0573 e. The minimum Gasteiger partial charge on any atom is -0.297 e. The zero-order chi connectivity index (χ0) is 14.5. The number of likely N-dealkylation sites (tertiary alicyclic amines) is 1. The number of rotatable bonds is 4. The fourth-order valence-corrected chi connectivity index (χ4v) is 3.10. The molecule has 110 valence electrons. The van der Waals surface area contributed by atoms with Crippen LogP contribution < -0.4 is 0 Å². The molecule has 3 rings (SSSR count). The van der Waals surface area contributed by atoms with Crippen molar-refractivity contribution in [3.05, 3.63) is 59.7 Å². The lowest BCUT2D eigenvalue weighted by Gasteiger charge is -2.32. The van der Waals surface area contributed by atoms with Crippen LogP contribution in [0.3, 0.4) is 0 Å². The molecule has 1 saturated heterocycles. The third-order valence-electron chi connectivity index (χ3n) is 4.47. The van der Waals surface area contributed by atoms with E-state index in [-0.39, 0.29) is 0 Å². The third kappa shape index (κ3) is 3.88. The Bertz CT molecular complexity index is 560. The average molecular weight is 281 g/mol. The van der Waals surface area contributed by atoms with Crippen molar-refractivity contribution in [2.75, 3.05) is 13.1 Å². The average Bonchev–Trinajstić information content (AvgIpc) is 2.52. The van der Waals surface area contributed by atoms with Crippen LogP contribution in [0.25, 0.3) is 0 Å². The van der Waals surface area contributed by atoms with Crippen LogP contribution in [0.2, 0.25) is 0 Å². The van der Waals surface area contributed by atoms with Gasteiger partial charge in [-0.1, -0.05) is 6.07 Å². The highest BCUT2D eigenvalue weighted by molar-refractivity contribution is 5.17. The molecule has 0 N–H and O–H groups in total. The van der Waals surface area contributed by atoms with E-state index in [0.717, 1.165) is 12.5 Å². The molecule has 21 heavy (non-hydrogen) atoms. The Morgan fingerprint density at radius 2 is 1.86 bits per heavy atom. The molecule has 1 aliphatic rings. The molecular formula is C18H23N3. The number of nitrogens with zero attached hydrogens (tertiary/aromatic N) is 3. The van der Waals surface area contributed by atoms with Gasteiger partial charge in [-0.2, -0.15) is 0 Å². The predicted octanol–water partition coefficient (Wildman–Crippen LogP) is 3.24. The molecule has 3 heterocycles. The molecule has 0 atom stereocenters. The summed E-state index contributed by atoms with van der Waals surface area (Å²) in [4.78, 5) is 11.1. The van der Waals surface area contributed by atoms with E-state index in [2.05, 4.69) is 40.0 Å². The summed E-state index contributed by atoms with van der Waals surface area (Å²) < 4.78 is 0. The summed E-state index contributed by atoms with van der Waals surface area (Å²) in [5.74, 6) is 0.813. The van der Waals surface area contributed by atoms with Crippen molar-refractivity contribution in [2.45, 2.75) is 32.7 Å². The largest absolute Gasteiger partial charge is 0.297 e. The maximum atomic E-state index is 4.51. The first kappa shape index (κ1) is 14.2. The van der Waals surface area contributed by atoms with Crippen molar-refractivity contribution in [3.63, 3.8) is 0 Å². The van der Waals surface area contributed by atoms with Crippen molar-refractivity contribution in [2.24, 2.45) is 5.92 Å². The number of hydrogen-bond acceptors (Lipinski definition) is 3. The first-order chi connectivity index (χ1) is 10.3. The Balaban J connectivity index is 1.50. The highest BCUT2D eigenvalue weighted by Gasteiger charge is 2.20. The molecule has 1 aliphatic heterocycles. The van der Waals surface area contributed by atoms with E-state index in [1.807, 2.05) is 24.7 Å². The van der Waals surface area contributed by atoms with Crippen molar-refractivity contribution < 1.29 is 0 Å². The Kier molecular flexibility index (Phi) is 4.61. The van der Waals surface area contributed by atoms with E-state index in [1.165, 1.54) is 49.2 Å². The van der Waals surface area contributed by atoms with Gasteiger partial charge in [0, 0.05) is 25.1 Å². The number of hydrogen-bond donors (Lipinski definition) is 0. The molecule has 3 nitrogen and oxygen atoms in total. The molecule has 3 heteroatoms. The molecule has 0 aromatic carbocycles. The van der Waals surface area contributed by atoms with Gasteiger partial charge in [0.2, 0.25) is 0 Å². The predicted molar refractivity (Wildman–Crippen MR) is 84.9 cm³/mol. The van der Waals surface area contributed by atoms with E-state index >= 15 is 0 Å². The van der Waals surface area contributed by atoms with Crippen LogP contribution in [-0.4, -0.2) is 28.0 Å². The SMILES string of the molecule is Cc1cccnc1CN1CCC(Cc2ccncc2)CC1. The Morgan fingerprint density at radius 1 is 1.10 bits per heavy atom. The molecule has 2 aromatic heterocycles. The summed E-state index contributed by atoms with van der Waals surface area (Å²) in [5.41, 5.74) is 3.95. The number of aromatic nitrogens is 2. The van der Waals surface area contributed by atoms with Crippen molar-refractivity contribution in [3.8, 4) is 0 Å². The Labute approximate surface area is 127 Å². The number of piperidine rings is 1. The van der Waals surface area contributed by atoms with Gasteiger partial charge < -0.3 is 0 Å². The van der Waals surface area contributed by atoms with Crippen LogP contribution in [0.1, 0.15) is 29.7 Å². The molecule has 0 unspecified atom stereocenters. The summed E-state index contributed by atoms with van der Waals surface area (Å²) in [5, 5.41) is 0. The molecule has 0 radical (unpaired) electrons. The van der Waals surface area contributed by atoms with Gasteiger partial charge in [0.05, 0.1) is 5.69 Å². The van der Waals surface area contributed by atoms with Gasteiger partial charge in [-0.15, -0.1) is 0 Å². The summed E-state index contributed by atoms with van der Waals surface area (Å²) in [6.07, 6.45) is 9.46. The van der Waals surface area contributed by atoms with Gasteiger partial charge in [-0.25, -0.2) is 0 Å². The molecule has 0 saturated carbocycles. The topological polar surface area (TPSA) is 29.0 Å². The van der Waals surface area contributed by atoms with Gasteiger partial charge in [-0.05, 0) is 74.5 Å². The summed E-state index contributed by atoms with van der Waals surface area (Å²) in [6, 6.07) is 8.45. The lowest BCUT2D eigenvalue weighted by Crippen LogP contribution is -2.34. The second kappa shape index (κ2) is 6.81. The molecule has 2 aromatic rings. The maximum Gasteiger partial charge on any atom is 0.0573 e. The van der Waals surface area contributed by atoms with Crippen molar-refractivity contribution >= 4 is 0 Å². The lowest BCUT2D eigenvalue weighted by molar-refractivity contribution is 0.175. The number of aryl methyl sites for hydroxylation is 1. The van der Waals surface area contributed by atoms with Crippen LogP contribution in [0, 0.1) is 12.8 Å². The van der Waals surface area contributed by atoms with Gasteiger partial charge >= 0.3 is 0 Å². The molecular weight excluding hydrogens is 258 g/mol. The third-order valence-corrected chi connectivity index (χ3v) is 4.47. The number of pyridine rings is 2. The molecule has 1 fully saturated rings. The highest BCUT2D eigenvalue weighted by atomic mass is 15.1. The van der Waals surface area contributed by atoms with Crippen LogP contribution in [0.4, 0.5) is 0 Å². The van der Waals surface area contributed by atoms with Gasteiger partial charge in [0.1, 0.15) is 0 Å². The van der Waals surface area contributed by atoms with E-state index in [4.69, 9.17) is 0 Å². The molecule has 0 bridgehead atoms. The second-order valence-electron chi connectivity index (χ2n) is 6.05. The van der Waals surface area contributed by atoms with E-state index in [9.17, 15) is 0 Å². The fourth-order valence-electron chi connectivity index (χ4n) is 3.10.